The summed E-state index contributed by atoms with van der Waals surface area (Å²) in [4.78, 5) is 22.3. The molecule has 1 amide bonds. The lowest BCUT2D eigenvalue weighted by Gasteiger charge is -2.05. The fourth-order valence-electron chi connectivity index (χ4n) is 1.94. The molecular weight excluding hydrogens is 248 g/mol. The van der Waals surface area contributed by atoms with Gasteiger partial charge in [-0.2, -0.15) is 0 Å². The summed E-state index contributed by atoms with van der Waals surface area (Å²) in [5.41, 5.74) is 1.12. The molecule has 6 heteroatoms. The monoisotopic (exact) mass is 262 g/mol. The number of hydrogen-bond acceptors (Lipinski definition) is 3. The standard InChI is InChI=1S/C13H14N2O4/c1-15-9-3-2-4-11(16)8(9)7-10(15)13(19)14-6-5-12(17)18/h2-4,7,16H,5-6H2,1H3,(H,14,19)(H,17,18). The van der Waals surface area contributed by atoms with Crippen LogP contribution in [0.3, 0.4) is 0 Å². The fourth-order valence-corrected chi connectivity index (χ4v) is 1.94. The van der Waals surface area contributed by atoms with Crippen molar-refractivity contribution in [1.29, 1.82) is 0 Å². The predicted octanol–water partition coefficient (Wildman–Crippen LogP) is 1.09. The molecule has 19 heavy (non-hydrogen) atoms. The first kappa shape index (κ1) is 12.9. The first-order chi connectivity index (χ1) is 9.00. The van der Waals surface area contributed by atoms with E-state index in [1.54, 1.807) is 35.9 Å². The van der Waals surface area contributed by atoms with Crippen LogP contribution in [-0.2, 0) is 11.8 Å². The third kappa shape index (κ3) is 2.52. The van der Waals surface area contributed by atoms with Crippen molar-refractivity contribution in [3.63, 3.8) is 0 Å². The lowest BCUT2D eigenvalue weighted by Crippen LogP contribution is -2.27. The van der Waals surface area contributed by atoms with E-state index in [0.29, 0.717) is 11.1 Å². The number of benzene rings is 1. The van der Waals surface area contributed by atoms with Gasteiger partial charge in [-0.1, -0.05) is 6.07 Å². The third-order valence-electron chi connectivity index (χ3n) is 2.92. The molecule has 2 rings (SSSR count). The molecule has 1 aromatic carbocycles. The number of carbonyl (C=O) groups excluding carboxylic acids is 1. The van der Waals surface area contributed by atoms with Crippen LogP contribution in [-0.4, -0.2) is 33.2 Å². The van der Waals surface area contributed by atoms with Crippen LogP contribution in [0.4, 0.5) is 0 Å². The smallest absolute Gasteiger partial charge is 0.305 e. The van der Waals surface area contributed by atoms with Crippen LogP contribution >= 0.6 is 0 Å². The van der Waals surface area contributed by atoms with Crippen LogP contribution < -0.4 is 5.32 Å². The van der Waals surface area contributed by atoms with Gasteiger partial charge in [-0.25, -0.2) is 0 Å². The van der Waals surface area contributed by atoms with Gasteiger partial charge in [0.05, 0.1) is 11.9 Å². The Kier molecular flexibility index (Phi) is 3.41. The van der Waals surface area contributed by atoms with Crippen molar-refractivity contribution in [3.8, 4) is 5.75 Å². The SMILES string of the molecule is Cn1c(C(=O)NCCC(=O)O)cc2c(O)cccc21. The number of nitrogens with one attached hydrogen (secondary N) is 1. The molecule has 6 nitrogen and oxygen atoms in total. The van der Waals surface area contributed by atoms with E-state index >= 15 is 0 Å². The molecule has 0 radical (unpaired) electrons. The Hall–Kier alpha value is -2.50. The van der Waals surface area contributed by atoms with E-state index in [9.17, 15) is 14.7 Å². The second-order valence-corrected chi connectivity index (χ2v) is 4.20. The van der Waals surface area contributed by atoms with Crippen molar-refractivity contribution in [2.45, 2.75) is 6.42 Å². The maximum absolute atomic E-state index is 11.9. The molecule has 1 heterocycles. The molecule has 3 N–H and O–H groups in total. The molecule has 0 unspecified atom stereocenters. The number of phenolic OH excluding ortho intramolecular Hbond substituents is 1. The third-order valence-corrected chi connectivity index (χ3v) is 2.92. The maximum atomic E-state index is 11.9. The highest BCUT2D eigenvalue weighted by atomic mass is 16.4. The molecule has 0 spiro atoms. The zero-order valence-corrected chi connectivity index (χ0v) is 10.4. The Bertz CT molecular complexity index is 645. The number of carbonyl (C=O) groups is 2. The summed E-state index contributed by atoms with van der Waals surface area (Å²) in [6.07, 6.45) is -0.124. The molecule has 0 saturated heterocycles. The molecular formula is C13H14N2O4. The van der Waals surface area contributed by atoms with Crippen molar-refractivity contribution in [2.24, 2.45) is 7.05 Å². The van der Waals surface area contributed by atoms with Crippen LogP contribution in [0.15, 0.2) is 24.3 Å². The number of aliphatic carboxylic acids is 1. The number of aryl methyl sites for hydroxylation is 1. The first-order valence-corrected chi connectivity index (χ1v) is 5.78. The Morgan fingerprint density at radius 3 is 2.74 bits per heavy atom. The number of amides is 1. The van der Waals surface area contributed by atoms with Gasteiger partial charge >= 0.3 is 5.97 Å². The number of aromatic nitrogens is 1. The molecule has 0 aliphatic heterocycles. The minimum Gasteiger partial charge on any atom is -0.507 e. The summed E-state index contributed by atoms with van der Waals surface area (Å²) in [5.74, 6) is -1.22. The number of phenols is 1. The molecule has 2 aromatic rings. The molecule has 0 fully saturated rings. The van der Waals surface area contributed by atoms with Crippen molar-refractivity contribution < 1.29 is 19.8 Å². The van der Waals surface area contributed by atoms with E-state index in [1.807, 2.05) is 0 Å². The first-order valence-electron chi connectivity index (χ1n) is 5.78. The van der Waals surface area contributed by atoms with E-state index in [-0.39, 0.29) is 24.6 Å². The highest BCUT2D eigenvalue weighted by Gasteiger charge is 2.14. The zero-order chi connectivity index (χ0) is 14.0. The Morgan fingerprint density at radius 1 is 1.37 bits per heavy atom. The normalized spacial score (nSPS) is 10.6. The molecule has 0 bridgehead atoms. The van der Waals surface area contributed by atoms with Gasteiger partial charge in [-0.15, -0.1) is 0 Å². The summed E-state index contributed by atoms with van der Waals surface area (Å²) >= 11 is 0. The fraction of sp³-hybridized carbons (Fsp3) is 0.231. The van der Waals surface area contributed by atoms with E-state index in [1.165, 1.54) is 0 Å². The van der Waals surface area contributed by atoms with E-state index in [2.05, 4.69) is 5.32 Å². The number of aromatic hydroxyl groups is 1. The molecule has 0 saturated carbocycles. The number of carboxylic acid groups (broad SMARTS) is 1. The van der Waals surface area contributed by atoms with Crippen LogP contribution in [0.1, 0.15) is 16.9 Å². The average molecular weight is 262 g/mol. The second kappa shape index (κ2) is 5.01. The summed E-state index contributed by atoms with van der Waals surface area (Å²) in [5, 5.41) is 21.3. The minimum atomic E-state index is -0.963. The van der Waals surface area contributed by atoms with Crippen LogP contribution in [0.5, 0.6) is 5.75 Å². The van der Waals surface area contributed by atoms with Crippen LogP contribution in [0, 0.1) is 0 Å². The van der Waals surface area contributed by atoms with E-state index < -0.39 is 5.97 Å². The lowest BCUT2D eigenvalue weighted by atomic mass is 10.2. The van der Waals surface area contributed by atoms with Crippen molar-refractivity contribution in [2.75, 3.05) is 6.54 Å². The van der Waals surface area contributed by atoms with Gasteiger partial charge < -0.3 is 20.1 Å². The summed E-state index contributed by atoms with van der Waals surface area (Å²) in [6, 6.07) is 6.63. The van der Waals surface area contributed by atoms with E-state index in [4.69, 9.17) is 5.11 Å². The number of hydrogen-bond donors (Lipinski definition) is 3. The predicted molar refractivity (Wildman–Crippen MR) is 69.2 cm³/mol. The van der Waals surface area contributed by atoms with Gasteiger partial charge in [0.15, 0.2) is 0 Å². The molecule has 100 valence electrons. The van der Waals surface area contributed by atoms with E-state index in [0.717, 1.165) is 5.52 Å². The quantitative estimate of drug-likeness (QED) is 0.769. The highest BCUT2D eigenvalue weighted by molar-refractivity contribution is 6.00. The van der Waals surface area contributed by atoms with Crippen molar-refractivity contribution >= 4 is 22.8 Å². The largest absolute Gasteiger partial charge is 0.507 e. The summed E-state index contributed by atoms with van der Waals surface area (Å²) in [6.45, 7) is 0.0711. The van der Waals surface area contributed by atoms with Crippen LogP contribution in [0.2, 0.25) is 0 Å². The van der Waals surface area contributed by atoms with Gasteiger partial charge in [0.1, 0.15) is 11.4 Å². The minimum absolute atomic E-state index is 0.0711. The molecule has 0 aliphatic rings. The Balaban J connectivity index is 2.25. The second-order valence-electron chi connectivity index (χ2n) is 4.20. The molecule has 0 atom stereocenters. The summed E-state index contributed by atoms with van der Waals surface area (Å²) in [7, 11) is 1.72. The molecule has 0 aliphatic carbocycles. The average Bonchev–Trinajstić information content (AvgIpc) is 2.68. The number of rotatable bonds is 4. The Labute approximate surface area is 109 Å². The highest BCUT2D eigenvalue weighted by Crippen LogP contribution is 2.26. The number of carboxylic acids is 1. The van der Waals surface area contributed by atoms with Crippen molar-refractivity contribution in [3.05, 3.63) is 30.0 Å². The van der Waals surface area contributed by atoms with Crippen LogP contribution in [0.25, 0.3) is 10.9 Å². The summed E-state index contributed by atoms with van der Waals surface area (Å²) < 4.78 is 1.66. The Morgan fingerprint density at radius 2 is 2.11 bits per heavy atom. The lowest BCUT2D eigenvalue weighted by molar-refractivity contribution is -0.136. The molecule has 1 aromatic heterocycles. The van der Waals surface area contributed by atoms with Gasteiger partial charge in [0.2, 0.25) is 0 Å². The number of nitrogens with zero attached hydrogens (tertiary/aromatic N) is 1. The van der Waals surface area contributed by atoms with Gasteiger partial charge in [-0.3, -0.25) is 9.59 Å². The van der Waals surface area contributed by atoms with Gasteiger partial charge in [0.25, 0.3) is 5.91 Å². The topological polar surface area (TPSA) is 91.6 Å². The van der Waals surface area contributed by atoms with Gasteiger partial charge in [-0.05, 0) is 18.2 Å². The number of fused-ring (bicyclic) bond motifs is 1. The zero-order valence-electron chi connectivity index (χ0n) is 10.4. The van der Waals surface area contributed by atoms with Crippen molar-refractivity contribution in [1.82, 2.24) is 9.88 Å². The maximum Gasteiger partial charge on any atom is 0.305 e. The van der Waals surface area contributed by atoms with Gasteiger partial charge in [0, 0.05) is 19.0 Å².